The van der Waals surface area contributed by atoms with Gasteiger partial charge in [0.25, 0.3) is 0 Å². The van der Waals surface area contributed by atoms with Gasteiger partial charge >= 0.3 is 28.9 Å². The molecule has 1 saturated carbocycles. The number of hydrogen-bond donors (Lipinski definition) is 3. The molecule has 3 N–H and O–H groups in total. The molecule has 0 bridgehead atoms. The van der Waals surface area contributed by atoms with Crippen LogP contribution in [0.25, 0.3) is 0 Å². The number of anilines is 1. The summed E-state index contributed by atoms with van der Waals surface area (Å²) in [5.74, 6) is 0. The number of nitrogens with zero attached hydrogens (tertiary/aromatic N) is 2. The molecule has 4 rings (SSSR count). The predicted octanol–water partition coefficient (Wildman–Crippen LogP) is 1.23. The summed E-state index contributed by atoms with van der Waals surface area (Å²) in [7, 11) is 0.0131. The SMILES string of the molecule is CN(C)c1ccc(C2OC3(CCCCC3)C[N+]23CCCC3)cc1.[O-][Cl+](O)(O)O. The van der Waals surface area contributed by atoms with Gasteiger partial charge in [-0.15, -0.1) is 0 Å². The van der Waals surface area contributed by atoms with Gasteiger partial charge in [-0.2, -0.15) is 0 Å². The molecule has 0 amide bonds. The standard InChI is InChI=1S/C20H31N2O.ClH3O4/c1-21(2)18-10-8-17(9-11-18)19-22(14-6-7-15-22)16-20(23-19)12-4-3-5-13-20;2-1(3,4)5/h8-11,19H,3-7,12-16H2,1-2H3;2-4H/q+1;. The van der Waals surface area contributed by atoms with Crippen LogP contribution in [-0.2, 0) is 4.74 Å². The molecule has 0 radical (unpaired) electrons. The third-order valence-corrected chi connectivity index (χ3v) is 6.38. The van der Waals surface area contributed by atoms with Crippen molar-refractivity contribution in [3.63, 3.8) is 0 Å². The van der Waals surface area contributed by atoms with Crippen LogP contribution < -0.4 is 9.56 Å². The van der Waals surface area contributed by atoms with E-state index in [4.69, 9.17) is 23.4 Å². The van der Waals surface area contributed by atoms with Crippen LogP contribution >= 0.6 is 0 Å². The van der Waals surface area contributed by atoms with Gasteiger partial charge in [-0.3, -0.25) is 4.48 Å². The Labute approximate surface area is 169 Å². The summed E-state index contributed by atoms with van der Waals surface area (Å²) in [4.78, 5) is 2.17. The monoisotopic (exact) mass is 417 g/mol. The molecule has 3 fully saturated rings. The Morgan fingerprint density at radius 3 is 2.04 bits per heavy atom. The molecule has 2 aliphatic heterocycles. The van der Waals surface area contributed by atoms with E-state index in [0.717, 1.165) is 0 Å². The fourth-order valence-corrected chi connectivity index (χ4v) is 5.19. The molecule has 2 spiro atoms. The second-order valence-electron chi connectivity index (χ2n) is 8.66. The summed E-state index contributed by atoms with van der Waals surface area (Å²) in [5, 5.41) is 0. The Hall–Kier alpha value is -0.930. The molecule has 28 heavy (non-hydrogen) atoms. The van der Waals surface area contributed by atoms with Crippen molar-refractivity contribution in [2.24, 2.45) is 0 Å². The van der Waals surface area contributed by atoms with E-state index in [1.165, 1.54) is 80.3 Å². The molecule has 7 nitrogen and oxygen atoms in total. The molecule has 160 valence electrons. The van der Waals surface area contributed by atoms with E-state index >= 15 is 0 Å². The molecule has 2 heterocycles. The van der Waals surface area contributed by atoms with Crippen LogP contribution in [0, 0.1) is 10.2 Å². The zero-order chi connectivity index (χ0) is 20.4. The molecule has 1 aromatic carbocycles. The summed E-state index contributed by atoms with van der Waals surface area (Å²) in [6.07, 6.45) is 9.66. The molecule has 1 aromatic rings. The van der Waals surface area contributed by atoms with Crippen molar-refractivity contribution in [1.82, 2.24) is 0 Å². The van der Waals surface area contributed by atoms with Crippen molar-refractivity contribution < 1.29 is 38.1 Å². The topological polar surface area (TPSA) is 96.2 Å². The van der Waals surface area contributed by atoms with Crippen molar-refractivity contribution in [3.05, 3.63) is 29.8 Å². The minimum atomic E-state index is -4.19. The van der Waals surface area contributed by atoms with Crippen molar-refractivity contribution in [2.45, 2.75) is 56.8 Å². The van der Waals surface area contributed by atoms with Crippen LogP contribution in [0.4, 0.5) is 5.69 Å². The zero-order valence-corrected chi connectivity index (χ0v) is 17.6. The number of ether oxygens (including phenoxy) is 1. The number of rotatable bonds is 2. The van der Waals surface area contributed by atoms with E-state index in [1.807, 2.05) is 0 Å². The molecule has 8 heteroatoms. The Morgan fingerprint density at radius 2 is 1.54 bits per heavy atom. The number of benzene rings is 1. The van der Waals surface area contributed by atoms with Gasteiger partial charge in [0.2, 0.25) is 6.23 Å². The third kappa shape index (κ3) is 5.16. The third-order valence-electron chi connectivity index (χ3n) is 6.38. The fourth-order valence-electron chi connectivity index (χ4n) is 5.19. The average molecular weight is 418 g/mol. The Kier molecular flexibility index (Phi) is 6.56. The van der Waals surface area contributed by atoms with E-state index in [9.17, 15) is 0 Å². The van der Waals surface area contributed by atoms with Crippen molar-refractivity contribution in [2.75, 3.05) is 38.6 Å². The molecule has 1 aliphatic carbocycles. The van der Waals surface area contributed by atoms with Crippen molar-refractivity contribution in [3.8, 4) is 0 Å². The predicted molar refractivity (Wildman–Crippen MR) is 101 cm³/mol. The van der Waals surface area contributed by atoms with Crippen LogP contribution in [0.1, 0.15) is 56.7 Å². The summed E-state index contributed by atoms with van der Waals surface area (Å²) < 4.78 is 38.3. The van der Waals surface area contributed by atoms with Gasteiger partial charge in [0.05, 0.1) is 13.1 Å². The fraction of sp³-hybridized carbons (Fsp3) is 0.700. The summed E-state index contributed by atoms with van der Waals surface area (Å²) in [5.41, 5.74) is 2.83. The van der Waals surface area contributed by atoms with E-state index in [2.05, 4.69) is 43.3 Å². The van der Waals surface area contributed by atoms with E-state index in [0.29, 0.717) is 0 Å². The molecule has 0 aromatic heterocycles. The van der Waals surface area contributed by atoms with Gasteiger partial charge in [0.1, 0.15) is 12.1 Å². The number of quaternary nitrogens is 1. The Morgan fingerprint density at radius 1 is 1.00 bits per heavy atom. The first-order valence-corrected chi connectivity index (χ1v) is 11.4. The van der Waals surface area contributed by atoms with Crippen LogP contribution in [0.5, 0.6) is 0 Å². The molecule has 1 atom stereocenters. The second-order valence-corrected chi connectivity index (χ2v) is 9.53. The molecular weight excluding hydrogens is 384 g/mol. The number of halogens is 1. The quantitative estimate of drug-likeness (QED) is 0.626. The van der Waals surface area contributed by atoms with Gasteiger partial charge < -0.3 is 9.64 Å². The zero-order valence-electron chi connectivity index (χ0n) is 16.9. The summed E-state index contributed by atoms with van der Waals surface area (Å²) >= 11 is 0. The van der Waals surface area contributed by atoms with Gasteiger partial charge in [-0.25, -0.2) is 0 Å². The minimum absolute atomic E-state index is 0.174. The van der Waals surface area contributed by atoms with Crippen LogP contribution in [-0.4, -0.2) is 57.8 Å². The number of hydrogen-bond acceptors (Lipinski definition) is 6. The van der Waals surface area contributed by atoms with E-state index in [1.54, 1.807) is 0 Å². The van der Waals surface area contributed by atoms with Crippen LogP contribution in [0.2, 0.25) is 0 Å². The van der Waals surface area contributed by atoms with Crippen LogP contribution in [0.15, 0.2) is 24.3 Å². The molecule has 3 aliphatic rings. The molecule has 1 unspecified atom stereocenters. The Bertz CT molecular complexity index is 629. The maximum atomic E-state index is 8.83. The first-order valence-electron chi connectivity index (χ1n) is 10.1. The molecule has 2 saturated heterocycles. The first kappa shape index (κ1) is 21.8. The van der Waals surface area contributed by atoms with E-state index < -0.39 is 10.2 Å². The van der Waals surface area contributed by atoms with Crippen molar-refractivity contribution in [1.29, 1.82) is 0 Å². The maximum absolute atomic E-state index is 8.83. The van der Waals surface area contributed by atoms with Crippen LogP contribution in [0.3, 0.4) is 0 Å². The average Bonchev–Trinajstić information content (AvgIpc) is 3.20. The summed E-state index contributed by atoms with van der Waals surface area (Å²) in [6.45, 7) is 3.87. The van der Waals surface area contributed by atoms with Gasteiger partial charge in [0.15, 0.2) is 0 Å². The van der Waals surface area contributed by atoms with Gasteiger partial charge in [0, 0.05) is 38.2 Å². The summed E-state index contributed by atoms with van der Waals surface area (Å²) in [6, 6.07) is 9.11. The van der Waals surface area contributed by atoms with Gasteiger partial charge in [-0.05, 0) is 37.1 Å². The Balaban J connectivity index is 0.000000403. The van der Waals surface area contributed by atoms with Gasteiger partial charge in [-0.1, -0.05) is 19.3 Å². The normalized spacial score (nSPS) is 26.1. The molecular formula is C20H34ClN2O5+. The van der Waals surface area contributed by atoms with Crippen molar-refractivity contribution >= 4 is 5.69 Å². The van der Waals surface area contributed by atoms with E-state index in [-0.39, 0.29) is 11.8 Å². The second kappa shape index (κ2) is 8.44. The first-order chi connectivity index (χ1) is 13.1.